The van der Waals surface area contributed by atoms with Crippen LogP contribution in [0.2, 0.25) is 0 Å². The van der Waals surface area contributed by atoms with Crippen molar-refractivity contribution >= 4 is 17.5 Å². The third-order valence-corrected chi connectivity index (χ3v) is 4.48. The average Bonchev–Trinajstić information content (AvgIpc) is 3.05. The second-order valence-corrected chi connectivity index (χ2v) is 6.45. The molecule has 0 aliphatic carbocycles. The first kappa shape index (κ1) is 17.8. The molecule has 136 valence electrons. The van der Waals surface area contributed by atoms with E-state index in [1.54, 1.807) is 37.4 Å². The van der Waals surface area contributed by atoms with Crippen molar-refractivity contribution in [1.29, 1.82) is 0 Å². The summed E-state index contributed by atoms with van der Waals surface area (Å²) >= 11 is 0. The fraction of sp³-hybridized carbons (Fsp3) is 0.300. The lowest BCUT2D eigenvalue weighted by atomic mass is 10.1. The molecule has 6 heteroatoms. The highest BCUT2D eigenvalue weighted by atomic mass is 16.5. The van der Waals surface area contributed by atoms with Gasteiger partial charge in [-0.15, -0.1) is 0 Å². The predicted molar refractivity (Wildman–Crippen MR) is 98.5 cm³/mol. The number of amides is 2. The minimum absolute atomic E-state index is 0.199. The van der Waals surface area contributed by atoms with E-state index < -0.39 is 11.8 Å². The number of rotatable bonds is 4. The van der Waals surface area contributed by atoms with Crippen LogP contribution in [0.3, 0.4) is 0 Å². The molecule has 0 saturated heterocycles. The average molecular weight is 354 g/mol. The molecule has 0 spiro atoms. The van der Waals surface area contributed by atoms with Gasteiger partial charge in [0.2, 0.25) is 0 Å². The van der Waals surface area contributed by atoms with Gasteiger partial charge in [-0.1, -0.05) is 12.1 Å². The summed E-state index contributed by atoms with van der Waals surface area (Å²) < 4.78 is 5.20. The van der Waals surface area contributed by atoms with Crippen LogP contribution in [-0.4, -0.2) is 36.6 Å². The number of phenolic OH excluding ortho intramolecular Hbond substituents is 1. The number of hydrogen-bond acceptors (Lipinski definition) is 4. The number of nitrogens with one attached hydrogen (secondary N) is 1. The first-order valence-electron chi connectivity index (χ1n) is 8.55. The molecular weight excluding hydrogens is 332 g/mol. The van der Waals surface area contributed by atoms with Crippen molar-refractivity contribution in [3.8, 4) is 11.5 Å². The van der Waals surface area contributed by atoms with E-state index in [-0.39, 0.29) is 11.8 Å². The van der Waals surface area contributed by atoms with E-state index >= 15 is 0 Å². The lowest BCUT2D eigenvalue weighted by Crippen LogP contribution is -2.46. The van der Waals surface area contributed by atoms with Crippen LogP contribution in [0.5, 0.6) is 11.5 Å². The van der Waals surface area contributed by atoms with Crippen molar-refractivity contribution < 1.29 is 19.4 Å². The maximum Gasteiger partial charge on any atom is 0.316 e. The van der Waals surface area contributed by atoms with E-state index in [4.69, 9.17) is 4.74 Å². The lowest BCUT2D eigenvalue weighted by molar-refractivity contribution is -0.137. The SMILES string of the molecule is COc1ccc2c(c1)CCN2C(=O)C(=O)N[C@H](C)Cc1ccc(O)cc1. The van der Waals surface area contributed by atoms with Crippen molar-refractivity contribution in [2.24, 2.45) is 0 Å². The molecule has 6 nitrogen and oxygen atoms in total. The number of benzene rings is 2. The molecule has 0 saturated carbocycles. The third kappa shape index (κ3) is 3.79. The van der Waals surface area contributed by atoms with Gasteiger partial charge in [0.15, 0.2) is 0 Å². The smallest absolute Gasteiger partial charge is 0.316 e. The van der Waals surface area contributed by atoms with Crippen molar-refractivity contribution in [2.45, 2.75) is 25.8 Å². The van der Waals surface area contributed by atoms with E-state index in [1.165, 1.54) is 4.90 Å². The molecule has 2 aromatic rings. The monoisotopic (exact) mass is 354 g/mol. The summed E-state index contributed by atoms with van der Waals surface area (Å²) in [6, 6.07) is 12.1. The van der Waals surface area contributed by atoms with Crippen LogP contribution in [-0.2, 0) is 22.4 Å². The van der Waals surface area contributed by atoms with Crippen LogP contribution in [0.1, 0.15) is 18.1 Å². The minimum Gasteiger partial charge on any atom is -0.508 e. The molecule has 3 rings (SSSR count). The Hall–Kier alpha value is -3.02. The first-order chi connectivity index (χ1) is 12.5. The first-order valence-corrected chi connectivity index (χ1v) is 8.55. The van der Waals surface area contributed by atoms with Gasteiger partial charge < -0.3 is 20.1 Å². The minimum atomic E-state index is -0.611. The maximum absolute atomic E-state index is 12.5. The van der Waals surface area contributed by atoms with Gasteiger partial charge in [0.25, 0.3) is 0 Å². The number of carbonyl (C=O) groups is 2. The Bertz CT molecular complexity index is 817. The van der Waals surface area contributed by atoms with E-state index in [1.807, 2.05) is 19.1 Å². The lowest BCUT2D eigenvalue weighted by Gasteiger charge is -2.19. The third-order valence-electron chi connectivity index (χ3n) is 4.48. The van der Waals surface area contributed by atoms with E-state index in [0.29, 0.717) is 19.4 Å². The summed E-state index contributed by atoms with van der Waals surface area (Å²) in [7, 11) is 1.60. The van der Waals surface area contributed by atoms with Crippen LogP contribution in [0.4, 0.5) is 5.69 Å². The zero-order valence-electron chi connectivity index (χ0n) is 14.9. The van der Waals surface area contributed by atoms with Crippen LogP contribution in [0, 0.1) is 0 Å². The second-order valence-electron chi connectivity index (χ2n) is 6.45. The van der Waals surface area contributed by atoms with E-state index in [2.05, 4.69) is 5.32 Å². The van der Waals surface area contributed by atoms with Gasteiger partial charge >= 0.3 is 11.8 Å². The second kappa shape index (κ2) is 7.47. The summed E-state index contributed by atoms with van der Waals surface area (Å²) in [5, 5.41) is 12.1. The number of fused-ring (bicyclic) bond motifs is 1. The van der Waals surface area contributed by atoms with Gasteiger partial charge in [-0.2, -0.15) is 0 Å². The zero-order valence-corrected chi connectivity index (χ0v) is 14.9. The molecule has 1 aliphatic rings. The number of aromatic hydroxyl groups is 1. The summed E-state index contributed by atoms with van der Waals surface area (Å²) in [6.45, 7) is 2.34. The molecule has 0 bridgehead atoms. The Balaban J connectivity index is 1.62. The summed E-state index contributed by atoms with van der Waals surface area (Å²) in [5.41, 5.74) is 2.74. The molecule has 2 N–H and O–H groups in total. The highest BCUT2D eigenvalue weighted by Crippen LogP contribution is 2.31. The van der Waals surface area contributed by atoms with Crippen molar-refractivity contribution in [2.75, 3.05) is 18.6 Å². The normalized spacial score (nSPS) is 13.8. The van der Waals surface area contributed by atoms with Gasteiger partial charge in [0, 0.05) is 18.3 Å². The van der Waals surface area contributed by atoms with Gasteiger partial charge in [0.1, 0.15) is 11.5 Å². The van der Waals surface area contributed by atoms with Crippen LogP contribution in [0.15, 0.2) is 42.5 Å². The molecular formula is C20H22N2O4. The summed E-state index contributed by atoms with van der Waals surface area (Å²) in [5.74, 6) is -0.221. The number of anilines is 1. The van der Waals surface area contributed by atoms with Crippen molar-refractivity contribution in [3.05, 3.63) is 53.6 Å². The largest absolute Gasteiger partial charge is 0.508 e. The molecule has 0 unspecified atom stereocenters. The van der Waals surface area contributed by atoms with Gasteiger partial charge in [-0.3, -0.25) is 9.59 Å². The standard InChI is InChI=1S/C20H22N2O4/c1-13(11-14-3-5-16(23)6-4-14)21-19(24)20(25)22-10-9-15-12-17(26-2)7-8-18(15)22/h3-8,12-13,23H,9-11H2,1-2H3,(H,21,24)/t13-/m1/s1. The Morgan fingerprint density at radius 1 is 1.23 bits per heavy atom. The van der Waals surface area contributed by atoms with Crippen LogP contribution < -0.4 is 15.0 Å². The number of nitrogens with zero attached hydrogens (tertiary/aromatic N) is 1. The molecule has 2 aromatic carbocycles. The van der Waals surface area contributed by atoms with Crippen molar-refractivity contribution in [1.82, 2.24) is 5.32 Å². The summed E-state index contributed by atoms with van der Waals surface area (Å²) in [4.78, 5) is 26.4. The van der Waals surface area contributed by atoms with Gasteiger partial charge in [-0.05, 0) is 61.2 Å². The number of ether oxygens (including phenoxy) is 1. The van der Waals surface area contributed by atoms with Gasteiger partial charge in [-0.25, -0.2) is 0 Å². The molecule has 0 radical (unpaired) electrons. The number of hydrogen-bond donors (Lipinski definition) is 2. The molecule has 0 fully saturated rings. The molecule has 1 aliphatic heterocycles. The molecule has 2 amide bonds. The van der Waals surface area contributed by atoms with Crippen LogP contribution >= 0.6 is 0 Å². The molecule has 1 atom stereocenters. The fourth-order valence-electron chi connectivity index (χ4n) is 3.16. The van der Waals surface area contributed by atoms with E-state index in [0.717, 1.165) is 22.6 Å². The maximum atomic E-state index is 12.5. The number of phenols is 1. The molecule has 26 heavy (non-hydrogen) atoms. The molecule has 0 aromatic heterocycles. The number of methoxy groups -OCH3 is 1. The zero-order chi connectivity index (χ0) is 18.7. The Morgan fingerprint density at radius 3 is 2.65 bits per heavy atom. The number of carbonyl (C=O) groups excluding carboxylic acids is 2. The Labute approximate surface area is 152 Å². The summed E-state index contributed by atoms with van der Waals surface area (Å²) in [6.07, 6.45) is 1.28. The Morgan fingerprint density at radius 2 is 1.96 bits per heavy atom. The van der Waals surface area contributed by atoms with Crippen LogP contribution in [0.25, 0.3) is 0 Å². The fourth-order valence-corrected chi connectivity index (χ4v) is 3.16. The highest BCUT2D eigenvalue weighted by molar-refractivity contribution is 6.40. The molecule has 1 heterocycles. The predicted octanol–water partition coefficient (Wildman–Crippen LogP) is 2.04. The quantitative estimate of drug-likeness (QED) is 0.824. The van der Waals surface area contributed by atoms with Gasteiger partial charge in [0.05, 0.1) is 7.11 Å². The highest BCUT2D eigenvalue weighted by Gasteiger charge is 2.30. The Kier molecular flexibility index (Phi) is 5.11. The topological polar surface area (TPSA) is 78.9 Å². The van der Waals surface area contributed by atoms with Crippen molar-refractivity contribution in [3.63, 3.8) is 0 Å². The van der Waals surface area contributed by atoms with E-state index in [9.17, 15) is 14.7 Å².